The second kappa shape index (κ2) is 5.48. The van der Waals surface area contributed by atoms with Crippen LogP contribution in [-0.2, 0) is 2.14 Å². The van der Waals surface area contributed by atoms with Crippen molar-refractivity contribution in [3.8, 4) is 0 Å². The molecular formula is C7HBr7. The van der Waals surface area contributed by atoms with E-state index in [2.05, 4.69) is 112 Å². The number of halogens is 7. The van der Waals surface area contributed by atoms with Crippen LogP contribution in [-0.4, -0.2) is 0 Å². The maximum absolute atomic E-state index is 3.51. The van der Waals surface area contributed by atoms with Gasteiger partial charge in [-0.05, 0) is 69.8 Å². The van der Waals surface area contributed by atoms with E-state index >= 15 is 0 Å². The van der Waals surface area contributed by atoms with E-state index in [0.29, 0.717) is 0 Å². The minimum atomic E-state index is -0.433. The lowest BCUT2D eigenvalue weighted by atomic mass is 10.2. The van der Waals surface area contributed by atoms with Gasteiger partial charge in [0.2, 0.25) is 0 Å². The van der Waals surface area contributed by atoms with Gasteiger partial charge in [0, 0.05) is 23.5 Å². The second-order valence-corrected chi connectivity index (χ2v) is 12.3. The highest BCUT2D eigenvalue weighted by atomic mass is 80.0. The zero-order valence-corrected chi connectivity index (χ0v) is 17.3. The van der Waals surface area contributed by atoms with Crippen LogP contribution in [0.3, 0.4) is 0 Å². The first kappa shape index (κ1) is 14.6. The second-order valence-electron chi connectivity index (χ2n) is 2.35. The molecule has 1 aromatic carbocycles. The molecule has 0 atom stereocenters. The number of hydrogen-bond donors (Lipinski definition) is 0. The van der Waals surface area contributed by atoms with Crippen LogP contribution in [0, 0.1) is 0 Å². The van der Waals surface area contributed by atoms with Gasteiger partial charge in [-0.1, -0.05) is 47.8 Å². The largest absolute Gasteiger partial charge is 0.161 e. The van der Waals surface area contributed by atoms with E-state index in [1.807, 2.05) is 6.07 Å². The van der Waals surface area contributed by atoms with Crippen LogP contribution >= 0.6 is 112 Å². The van der Waals surface area contributed by atoms with Crippen molar-refractivity contribution in [3.63, 3.8) is 0 Å². The summed E-state index contributed by atoms with van der Waals surface area (Å²) >= 11 is 24.4. The topological polar surface area (TPSA) is 0 Å². The Morgan fingerprint density at radius 1 is 0.786 bits per heavy atom. The molecule has 7 heteroatoms. The fraction of sp³-hybridized carbons (Fsp3) is 0.143. The average molecular weight is 644 g/mol. The van der Waals surface area contributed by atoms with E-state index in [1.54, 1.807) is 0 Å². The Morgan fingerprint density at radius 2 is 1.29 bits per heavy atom. The normalized spacial score (nSPS) is 11.9. The molecule has 0 fully saturated rings. The van der Waals surface area contributed by atoms with Crippen molar-refractivity contribution in [2.24, 2.45) is 0 Å². The Balaban J connectivity index is 3.49. The maximum Gasteiger partial charge on any atom is 0.161 e. The lowest BCUT2D eigenvalue weighted by Crippen LogP contribution is -2.00. The van der Waals surface area contributed by atoms with Crippen LogP contribution in [0.25, 0.3) is 0 Å². The Morgan fingerprint density at radius 3 is 1.71 bits per heavy atom. The molecule has 0 aliphatic rings. The monoisotopic (exact) mass is 637 g/mol. The van der Waals surface area contributed by atoms with E-state index in [1.165, 1.54) is 0 Å². The molecule has 78 valence electrons. The van der Waals surface area contributed by atoms with Crippen molar-refractivity contribution in [2.45, 2.75) is 2.14 Å². The van der Waals surface area contributed by atoms with Gasteiger partial charge in [-0.2, -0.15) is 0 Å². The van der Waals surface area contributed by atoms with Crippen LogP contribution in [0.5, 0.6) is 0 Å². The Kier molecular flexibility index (Phi) is 5.73. The van der Waals surface area contributed by atoms with Crippen molar-refractivity contribution in [2.75, 3.05) is 0 Å². The lowest BCUT2D eigenvalue weighted by Gasteiger charge is -2.17. The predicted octanol–water partition coefficient (Wildman–Crippen LogP) is 7.03. The molecule has 0 aromatic heterocycles. The van der Waals surface area contributed by atoms with Gasteiger partial charge in [0.1, 0.15) is 0 Å². The van der Waals surface area contributed by atoms with E-state index in [0.717, 1.165) is 23.5 Å². The fourth-order valence-corrected chi connectivity index (χ4v) is 4.82. The number of alkyl halides is 3. The average Bonchev–Trinajstić information content (AvgIpc) is 2.06. The predicted molar refractivity (Wildman–Crippen MR) is 85.7 cm³/mol. The van der Waals surface area contributed by atoms with Gasteiger partial charge in [-0.25, -0.2) is 0 Å². The van der Waals surface area contributed by atoms with Gasteiger partial charge >= 0.3 is 0 Å². The van der Waals surface area contributed by atoms with Crippen LogP contribution < -0.4 is 0 Å². The van der Waals surface area contributed by atoms with Crippen molar-refractivity contribution in [1.29, 1.82) is 0 Å². The summed E-state index contributed by atoms with van der Waals surface area (Å²) in [6.45, 7) is 0. The number of rotatable bonds is 0. The molecule has 1 aromatic rings. The van der Waals surface area contributed by atoms with Gasteiger partial charge < -0.3 is 0 Å². The Bertz CT molecular complexity index is 365. The first-order chi connectivity index (χ1) is 6.25. The van der Waals surface area contributed by atoms with Crippen LogP contribution in [0.1, 0.15) is 5.56 Å². The Labute approximate surface area is 141 Å². The van der Waals surface area contributed by atoms with Gasteiger partial charge in [-0.3, -0.25) is 0 Å². The third-order valence-electron chi connectivity index (χ3n) is 1.41. The standard InChI is InChI=1S/C7HBr7/c8-3-1-2(7(12,13)14)4(9)6(11)5(3)10/h1H. The molecule has 14 heavy (non-hydrogen) atoms. The highest BCUT2D eigenvalue weighted by Gasteiger charge is 2.26. The summed E-state index contributed by atoms with van der Waals surface area (Å²) < 4.78 is 3.45. The van der Waals surface area contributed by atoms with E-state index in [-0.39, 0.29) is 0 Å². The maximum atomic E-state index is 3.51. The lowest BCUT2D eigenvalue weighted by molar-refractivity contribution is 1.29. The smallest absolute Gasteiger partial charge is 0.0545 e. The summed E-state index contributed by atoms with van der Waals surface area (Å²) in [4.78, 5) is 0. The zero-order chi connectivity index (χ0) is 11.1. The summed E-state index contributed by atoms with van der Waals surface area (Å²) in [5.41, 5.74) is 1.03. The van der Waals surface area contributed by atoms with Gasteiger partial charge in [0.25, 0.3) is 0 Å². The molecule has 0 unspecified atom stereocenters. The number of hydrogen-bond acceptors (Lipinski definition) is 0. The fourth-order valence-electron chi connectivity index (χ4n) is 0.779. The molecule has 0 amide bonds. The van der Waals surface area contributed by atoms with E-state index in [9.17, 15) is 0 Å². The highest BCUT2D eigenvalue weighted by Crippen LogP contribution is 2.51. The molecule has 0 aliphatic heterocycles. The molecule has 0 bridgehead atoms. The Hall–Kier alpha value is 2.58. The molecule has 0 spiro atoms. The third kappa shape index (κ3) is 3.29. The summed E-state index contributed by atoms with van der Waals surface area (Å²) in [5, 5.41) is 0. The zero-order valence-electron chi connectivity index (χ0n) is 6.22. The minimum absolute atomic E-state index is 0.433. The van der Waals surface area contributed by atoms with Crippen molar-refractivity contribution >= 4 is 112 Å². The van der Waals surface area contributed by atoms with E-state index in [4.69, 9.17) is 0 Å². The van der Waals surface area contributed by atoms with Crippen molar-refractivity contribution in [3.05, 3.63) is 29.5 Å². The van der Waals surface area contributed by atoms with Gasteiger partial charge in [-0.15, -0.1) is 0 Å². The molecule has 0 saturated heterocycles. The molecule has 0 aliphatic carbocycles. The van der Waals surface area contributed by atoms with E-state index < -0.39 is 2.14 Å². The summed E-state index contributed by atoms with van der Waals surface area (Å²) in [7, 11) is 0. The molecular weight excluding hydrogens is 643 g/mol. The quantitative estimate of drug-likeness (QED) is 0.162. The summed E-state index contributed by atoms with van der Waals surface area (Å²) in [6, 6.07) is 2.00. The highest BCUT2D eigenvalue weighted by molar-refractivity contribution is 9.38. The molecule has 1 rings (SSSR count). The minimum Gasteiger partial charge on any atom is -0.0545 e. The molecule has 0 nitrogen and oxygen atoms in total. The first-order valence-electron chi connectivity index (χ1n) is 3.15. The van der Waals surface area contributed by atoms with Crippen LogP contribution in [0.2, 0.25) is 0 Å². The first-order valence-corrected chi connectivity index (χ1v) is 8.70. The van der Waals surface area contributed by atoms with Crippen LogP contribution in [0.15, 0.2) is 24.0 Å². The van der Waals surface area contributed by atoms with Crippen LogP contribution in [0.4, 0.5) is 0 Å². The molecule has 0 saturated carbocycles. The van der Waals surface area contributed by atoms with Gasteiger partial charge in [0.05, 0.1) is 0 Å². The van der Waals surface area contributed by atoms with Gasteiger partial charge in [0.15, 0.2) is 2.14 Å². The summed E-state index contributed by atoms with van der Waals surface area (Å²) in [5.74, 6) is 0. The molecule has 0 heterocycles. The summed E-state index contributed by atoms with van der Waals surface area (Å²) in [6.07, 6.45) is 0. The third-order valence-corrected chi connectivity index (χ3v) is 7.35. The molecule has 0 radical (unpaired) electrons. The number of benzene rings is 1. The van der Waals surface area contributed by atoms with Crippen molar-refractivity contribution < 1.29 is 0 Å². The SMILES string of the molecule is Brc1cc(C(Br)(Br)Br)c(Br)c(Br)c1Br. The van der Waals surface area contributed by atoms with Crippen molar-refractivity contribution in [1.82, 2.24) is 0 Å². The molecule has 0 N–H and O–H groups in total.